The van der Waals surface area contributed by atoms with Crippen molar-refractivity contribution in [1.29, 1.82) is 0 Å². The van der Waals surface area contributed by atoms with Crippen LogP contribution in [-0.2, 0) is 10.0 Å². The first-order valence-electron chi connectivity index (χ1n) is 8.95. The standard InChI is InChI=1S/C21H20ClN3O4S/c1-14(25-30(2,27)28)15-5-7-16(8-6-15)20(24-26)19-4-3-13-23-21(19)29-18-11-9-17(22)10-12-18/h3-14,25-26H,1-2H3/t14-/m0/s1. The van der Waals surface area contributed by atoms with Crippen LogP contribution < -0.4 is 9.46 Å². The van der Waals surface area contributed by atoms with Crippen molar-refractivity contribution in [2.24, 2.45) is 5.16 Å². The number of oxime groups is 1. The minimum atomic E-state index is -3.33. The van der Waals surface area contributed by atoms with Crippen molar-refractivity contribution in [3.63, 3.8) is 0 Å². The molecule has 0 unspecified atom stereocenters. The monoisotopic (exact) mass is 445 g/mol. The van der Waals surface area contributed by atoms with Crippen molar-refractivity contribution in [3.8, 4) is 11.6 Å². The minimum Gasteiger partial charge on any atom is -0.438 e. The van der Waals surface area contributed by atoms with Crippen LogP contribution in [0.3, 0.4) is 0 Å². The van der Waals surface area contributed by atoms with Crippen LogP contribution in [0.15, 0.2) is 72.0 Å². The van der Waals surface area contributed by atoms with E-state index in [1.165, 1.54) is 0 Å². The smallest absolute Gasteiger partial charge is 0.228 e. The Labute approximate surface area is 180 Å². The molecule has 2 aromatic carbocycles. The molecule has 0 aliphatic heterocycles. The third-order valence-electron chi connectivity index (χ3n) is 4.23. The van der Waals surface area contributed by atoms with Crippen molar-refractivity contribution in [3.05, 3.63) is 88.6 Å². The third-order valence-corrected chi connectivity index (χ3v) is 5.26. The Morgan fingerprint density at radius 3 is 2.40 bits per heavy atom. The lowest BCUT2D eigenvalue weighted by Crippen LogP contribution is -2.25. The van der Waals surface area contributed by atoms with Gasteiger partial charge in [0.2, 0.25) is 15.9 Å². The number of rotatable bonds is 7. The van der Waals surface area contributed by atoms with E-state index in [1.807, 2.05) is 0 Å². The van der Waals surface area contributed by atoms with Crippen LogP contribution in [0.5, 0.6) is 11.6 Å². The van der Waals surface area contributed by atoms with Gasteiger partial charge in [0.05, 0.1) is 11.8 Å². The van der Waals surface area contributed by atoms with Gasteiger partial charge in [-0.15, -0.1) is 0 Å². The molecular weight excluding hydrogens is 426 g/mol. The molecule has 9 heteroatoms. The van der Waals surface area contributed by atoms with Crippen molar-refractivity contribution in [1.82, 2.24) is 9.71 Å². The summed E-state index contributed by atoms with van der Waals surface area (Å²) < 4.78 is 31.2. The molecule has 0 spiro atoms. The van der Waals surface area contributed by atoms with Gasteiger partial charge >= 0.3 is 0 Å². The van der Waals surface area contributed by atoms with E-state index in [0.717, 1.165) is 11.8 Å². The Hall–Kier alpha value is -2.94. The molecule has 0 bridgehead atoms. The maximum Gasteiger partial charge on any atom is 0.228 e. The van der Waals surface area contributed by atoms with Gasteiger partial charge < -0.3 is 9.94 Å². The number of halogens is 1. The number of nitrogens with zero attached hydrogens (tertiary/aromatic N) is 2. The van der Waals surface area contributed by atoms with E-state index >= 15 is 0 Å². The average molecular weight is 446 g/mol. The Morgan fingerprint density at radius 1 is 1.13 bits per heavy atom. The second kappa shape index (κ2) is 9.25. The van der Waals surface area contributed by atoms with Gasteiger partial charge in [-0.05, 0) is 48.9 Å². The number of hydrogen-bond acceptors (Lipinski definition) is 6. The Kier molecular flexibility index (Phi) is 6.71. The van der Waals surface area contributed by atoms with E-state index in [4.69, 9.17) is 16.3 Å². The molecule has 30 heavy (non-hydrogen) atoms. The Balaban J connectivity index is 1.89. The number of benzene rings is 2. The number of pyridine rings is 1. The summed E-state index contributed by atoms with van der Waals surface area (Å²) in [4.78, 5) is 4.25. The van der Waals surface area contributed by atoms with Gasteiger partial charge in [0, 0.05) is 22.8 Å². The molecule has 1 aromatic heterocycles. The summed E-state index contributed by atoms with van der Waals surface area (Å²) in [7, 11) is -3.33. The molecular formula is C21H20ClN3O4S. The molecule has 0 radical (unpaired) electrons. The Bertz CT molecular complexity index is 1150. The minimum absolute atomic E-state index is 0.266. The van der Waals surface area contributed by atoms with Gasteiger partial charge in [0.1, 0.15) is 11.5 Å². The number of aromatic nitrogens is 1. The number of sulfonamides is 1. The van der Waals surface area contributed by atoms with Crippen molar-refractivity contribution < 1.29 is 18.4 Å². The van der Waals surface area contributed by atoms with E-state index in [-0.39, 0.29) is 11.6 Å². The third kappa shape index (κ3) is 5.56. The zero-order chi connectivity index (χ0) is 21.7. The fraction of sp³-hybridized carbons (Fsp3) is 0.143. The van der Waals surface area contributed by atoms with E-state index in [2.05, 4.69) is 14.9 Å². The largest absolute Gasteiger partial charge is 0.438 e. The van der Waals surface area contributed by atoms with E-state index in [1.54, 1.807) is 73.8 Å². The number of nitrogens with one attached hydrogen (secondary N) is 1. The molecule has 1 atom stereocenters. The topological polar surface area (TPSA) is 101 Å². The lowest BCUT2D eigenvalue weighted by Gasteiger charge is -2.14. The molecule has 0 saturated heterocycles. The van der Waals surface area contributed by atoms with Crippen molar-refractivity contribution in [2.45, 2.75) is 13.0 Å². The zero-order valence-corrected chi connectivity index (χ0v) is 17.9. The summed E-state index contributed by atoms with van der Waals surface area (Å²) in [6, 6.07) is 16.9. The number of ether oxygens (including phenoxy) is 1. The van der Waals surface area contributed by atoms with Crippen LogP contribution in [0.4, 0.5) is 0 Å². The highest BCUT2D eigenvalue weighted by Gasteiger charge is 2.17. The summed E-state index contributed by atoms with van der Waals surface area (Å²) >= 11 is 5.91. The second-order valence-electron chi connectivity index (χ2n) is 6.59. The van der Waals surface area contributed by atoms with E-state index in [0.29, 0.717) is 21.9 Å². The molecule has 1 heterocycles. The van der Waals surface area contributed by atoms with Gasteiger partial charge in [0.15, 0.2) is 0 Å². The second-order valence-corrected chi connectivity index (χ2v) is 8.81. The lowest BCUT2D eigenvalue weighted by atomic mass is 10.0. The van der Waals surface area contributed by atoms with Crippen LogP contribution in [0.2, 0.25) is 5.02 Å². The number of hydrogen-bond donors (Lipinski definition) is 2. The average Bonchev–Trinajstić information content (AvgIpc) is 2.71. The van der Waals surface area contributed by atoms with E-state index < -0.39 is 16.1 Å². The Morgan fingerprint density at radius 2 is 1.80 bits per heavy atom. The van der Waals surface area contributed by atoms with Crippen LogP contribution in [0, 0.1) is 0 Å². The first-order valence-corrected chi connectivity index (χ1v) is 11.2. The van der Waals surface area contributed by atoms with Gasteiger partial charge in [0.25, 0.3) is 0 Å². The summed E-state index contributed by atoms with van der Waals surface area (Å²) in [5.74, 6) is 0.802. The van der Waals surface area contributed by atoms with Crippen LogP contribution in [0.25, 0.3) is 0 Å². The molecule has 0 aliphatic rings. The molecule has 3 rings (SSSR count). The summed E-state index contributed by atoms with van der Waals surface area (Å²) in [5, 5.41) is 13.7. The highest BCUT2D eigenvalue weighted by atomic mass is 35.5. The zero-order valence-electron chi connectivity index (χ0n) is 16.3. The van der Waals surface area contributed by atoms with Gasteiger partial charge in [-0.1, -0.05) is 41.0 Å². The van der Waals surface area contributed by atoms with Gasteiger partial charge in [-0.3, -0.25) is 0 Å². The SMILES string of the molecule is C[C@H](NS(C)(=O)=O)c1ccc(C(=NO)c2cccnc2Oc2ccc(Cl)cc2)cc1. The summed E-state index contributed by atoms with van der Waals surface area (Å²) in [6.45, 7) is 1.75. The van der Waals surface area contributed by atoms with Crippen LogP contribution in [-0.4, -0.2) is 30.6 Å². The molecule has 0 saturated carbocycles. The molecule has 0 amide bonds. The highest BCUT2D eigenvalue weighted by molar-refractivity contribution is 7.88. The first kappa shape index (κ1) is 21.8. The molecule has 156 valence electrons. The molecule has 0 fully saturated rings. The van der Waals surface area contributed by atoms with Crippen molar-refractivity contribution in [2.75, 3.05) is 6.26 Å². The first-order chi connectivity index (χ1) is 14.3. The maximum absolute atomic E-state index is 11.4. The van der Waals surface area contributed by atoms with Gasteiger partial charge in [-0.2, -0.15) is 0 Å². The fourth-order valence-corrected chi connectivity index (χ4v) is 3.76. The van der Waals surface area contributed by atoms with Gasteiger partial charge in [-0.25, -0.2) is 18.1 Å². The van der Waals surface area contributed by atoms with Crippen LogP contribution in [0.1, 0.15) is 29.7 Å². The van der Waals surface area contributed by atoms with Crippen molar-refractivity contribution >= 4 is 27.3 Å². The maximum atomic E-state index is 11.4. The molecule has 0 aliphatic carbocycles. The summed E-state index contributed by atoms with van der Waals surface area (Å²) in [6.07, 6.45) is 2.68. The molecule has 2 N–H and O–H groups in total. The fourth-order valence-electron chi connectivity index (χ4n) is 2.85. The highest BCUT2D eigenvalue weighted by Crippen LogP contribution is 2.27. The van der Waals surface area contributed by atoms with Crippen LogP contribution >= 0.6 is 11.6 Å². The molecule has 3 aromatic rings. The summed E-state index contributed by atoms with van der Waals surface area (Å²) in [5.41, 5.74) is 2.14. The molecule has 7 nitrogen and oxygen atoms in total. The normalized spacial score (nSPS) is 13.1. The quantitative estimate of drug-likeness (QED) is 0.319. The predicted molar refractivity (Wildman–Crippen MR) is 116 cm³/mol. The lowest BCUT2D eigenvalue weighted by molar-refractivity contribution is 0.319. The van der Waals surface area contributed by atoms with E-state index in [9.17, 15) is 13.6 Å². The predicted octanol–water partition coefficient (Wildman–Crippen LogP) is 4.36.